The van der Waals surface area contributed by atoms with Crippen molar-refractivity contribution in [3.05, 3.63) is 9.82 Å². The van der Waals surface area contributed by atoms with E-state index in [1.54, 1.807) is 0 Å². The molecule has 0 unspecified atom stereocenters. The summed E-state index contributed by atoms with van der Waals surface area (Å²) < 4.78 is 0. The second-order valence-corrected chi connectivity index (χ2v) is 12.4. The van der Waals surface area contributed by atoms with Crippen molar-refractivity contribution >= 4 is 25.8 Å². The Morgan fingerprint density at radius 3 is 1.25 bits per heavy atom. The Morgan fingerprint density at radius 2 is 1.25 bits per heavy atom. The molecule has 0 atom stereocenters. The van der Waals surface area contributed by atoms with Crippen LogP contribution in [0.4, 0.5) is 0 Å². The Labute approximate surface area is 35.9 Å². The van der Waals surface area contributed by atoms with Crippen molar-refractivity contribution in [1.29, 1.82) is 0 Å². The third kappa shape index (κ3) is 0.404. The van der Waals surface area contributed by atoms with Gasteiger partial charge in [0.1, 0.15) is 0 Å². The third-order valence-electron chi connectivity index (χ3n) is 0.444. The van der Waals surface area contributed by atoms with Crippen LogP contribution in [0.15, 0.2) is 9.82 Å². The minimum absolute atomic E-state index is 0.469. The fourth-order valence-corrected chi connectivity index (χ4v) is 3.00. The molecule has 4 heavy (non-hydrogen) atoms. The Morgan fingerprint density at radius 1 is 1.00 bits per heavy atom. The van der Waals surface area contributed by atoms with Crippen LogP contribution in [0.1, 0.15) is 0 Å². The van der Waals surface area contributed by atoms with Gasteiger partial charge in [0.2, 0.25) is 0 Å². The summed E-state index contributed by atoms with van der Waals surface area (Å²) in [5.74, 6) is 0. The molecule has 0 saturated heterocycles. The molecule has 1 heterocycles. The van der Waals surface area contributed by atoms with E-state index in [0.717, 1.165) is 0 Å². The van der Waals surface area contributed by atoms with Gasteiger partial charge < -0.3 is 0 Å². The summed E-state index contributed by atoms with van der Waals surface area (Å²) in [5, 5.41) is 0. The summed E-state index contributed by atoms with van der Waals surface area (Å²) >= 11 is 0.938. The molecule has 0 aromatic heterocycles. The second kappa shape index (κ2) is 1.31. The van der Waals surface area contributed by atoms with Crippen LogP contribution in [0.5, 0.6) is 0 Å². The molecule has 1 aliphatic heterocycles. The van der Waals surface area contributed by atoms with Crippen molar-refractivity contribution in [1.82, 2.24) is 0 Å². The van der Waals surface area contributed by atoms with Gasteiger partial charge in [-0.15, -0.1) is 0 Å². The zero-order valence-corrected chi connectivity index (χ0v) is 7.15. The Hall–Kier alpha value is 0.826. The fourth-order valence-electron chi connectivity index (χ4n) is 0.111. The van der Waals surface area contributed by atoms with Crippen LogP contribution in [0, 0.1) is 0 Å². The van der Waals surface area contributed by atoms with Gasteiger partial charge in [-0.25, -0.2) is 0 Å². The van der Waals surface area contributed by atoms with E-state index in [1.807, 2.05) is 0 Å². The van der Waals surface area contributed by atoms with E-state index < -0.39 is 0 Å². The minimum atomic E-state index is 0.469. The Bertz CT molecular complexity index is 44.4. The van der Waals surface area contributed by atoms with Crippen molar-refractivity contribution in [2.75, 3.05) is 0 Å². The normalized spacial score (nSPS) is 16.0. The fraction of sp³-hybridized carbons (Fsp3) is 0. The molecule has 0 N–H and O–H groups in total. The molecule has 2 heteroatoms. The average molecular weight is 173 g/mol. The summed E-state index contributed by atoms with van der Waals surface area (Å²) in [5.41, 5.74) is 0. The third-order valence-corrected chi connectivity index (χ3v) is 12.0. The first-order valence-electron chi connectivity index (χ1n) is 1.33. The molecule has 0 bridgehead atoms. The van der Waals surface area contributed by atoms with Crippen LogP contribution in [-0.2, 0) is 0 Å². The molecule has 0 fully saturated rings. The maximum absolute atomic E-state index is 2.41. The first-order chi connectivity index (χ1) is 2.00. The summed E-state index contributed by atoms with van der Waals surface area (Å²) in [6.45, 7) is 0. The van der Waals surface area contributed by atoms with Crippen molar-refractivity contribution in [3.8, 4) is 0 Å². The van der Waals surface area contributed by atoms with Crippen molar-refractivity contribution in [3.63, 3.8) is 0 Å². The molecular weight excluding hydrogens is 169 g/mol. The van der Waals surface area contributed by atoms with Gasteiger partial charge in [0, 0.05) is 0 Å². The summed E-state index contributed by atoms with van der Waals surface area (Å²) in [7, 11) is 0. The Balaban J connectivity index is 2.67. The van der Waals surface area contributed by atoms with Gasteiger partial charge in [0.15, 0.2) is 0 Å². The molecule has 0 aliphatic carbocycles. The number of rotatable bonds is 0. The van der Waals surface area contributed by atoms with Crippen LogP contribution >= 0.6 is 0 Å². The van der Waals surface area contributed by atoms with Crippen LogP contribution in [0.2, 0.25) is 0 Å². The van der Waals surface area contributed by atoms with E-state index in [0.29, 0.717) is 25.8 Å². The quantitative estimate of drug-likeness (QED) is 0.423. The summed E-state index contributed by atoms with van der Waals surface area (Å²) in [6.07, 6.45) is 0. The van der Waals surface area contributed by atoms with E-state index in [9.17, 15) is 0 Å². The van der Waals surface area contributed by atoms with E-state index in [4.69, 9.17) is 0 Å². The molecule has 0 radical (unpaired) electrons. The van der Waals surface area contributed by atoms with Gasteiger partial charge in [-0.1, -0.05) is 0 Å². The number of hydrogen-bond donors (Lipinski definition) is 0. The Kier molecular flexibility index (Phi) is 0.995. The first kappa shape index (κ1) is 3.03. The predicted octanol–water partition coefficient (Wildman–Crippen LogP) is -0.741. The topological polar surface area (TPSA) is 0 Å². The monoisotopic (exact) mass is 176 g/mol. The van der Waals surface area contributed by atoms with E-state index in [1.165, 1.54) is 0 Å². The van der Waals surface area contributed by atoms with Gasteiger partial charge in [-0.05, 0) is 0 Å². The molecule has 0 saturated carbocycles. The van der Waals surface area contributed by atoms with E-state index in [2.05, 4.69) is 9.82 Å². The van der Waals surface area contributed by atoms with Gasteiger partial charge in [-0.2, -0.15) is 0 Å². The zero-order chi connectivity index (χ0) is 2.83. The zero-order valence-electron chi connectivity index (χ0n) is 2.31. The summed E-state index contributed by atoms with van der Waals surface area (Å²) in [4.78, 5) is 4.81. The van der Waals surface area contributed by atoms with Crippen LogP contribution < -0.4 is 0 Å². The van der Waals surface area contributed by atoms with Crippen molar-refractivity contribution in [2.24, 2.45) is 0 Å². The van der Waals surface area contributed by atoms with E-state index in [-0.39, 0.29) is 0 Å². The molecule has 1 rings (SSSR count). The number of hydrogen-bond acceptors (Lipinski definition) is 0. The van der Waals surface area contributed by atoms with Gasteiger partial charge in [0.25, 0.3) is 0 Å². The standard InChI is InChI=1S/C2H4Ge2/c1-2-4-3-1/h1-4H. The first-order valence-corrected chi connectivity index (χ1v) is 12.8. The van der Waals surface area contributed by atoms with Gasteiger partial charge >= 0.3 is 35.7 Å². The molecule has 0 aromatic carbocycles. The van der Waals surface area contributed by atoms with Crippen LogP contribution in [0.25, 0.3) is 0 Å². The molecule has 1 aliphatic rings. The molecule has 0 nitrogen and oxygen atoms in total. The van der Waals surface area contributed by atoms with Crippen LogP contribution in [0.3, 0.4) is 0 Å². The van der Waals surface area contributed by atoms with E-state index >= 15 is 0 Å². The second-order valence-electron chi connectivity index (χ2n) is 0.770. The molecule has 0 spiro atoms. The van der Waals surface area contributed by atoms with Crippen LogP contribution in [-0.4, -0.2) is 25.8 Å². The van der Waals surface area contributed by atoms with Crippen molar-refractivity contribution in [2.45, 2.75) is 0 Å². The SMILES string of the molecule is [CH]1=[CH][GeH]=[GeH]1. The molecule has 20 valence electrons. The molecule has 0 aromatic rings. The predicted molar refractivity (Wildman–Crippen MR) is 23.4 cm³/mol. The average Bonchev–Trinajstić information content (AvgIpc) is 0.722. The van der Waals surface area contributed by atoms with Crippen molar-refractivity contribution < 1.29 is 0 Å². The maximum atomic E-state index is 2.41. The van der Waals surface area contributed by atoms with Gasteiger partial charge in [-0.3, -0.25) is 0 Å². The molecule has 0 amide bonds. The van der Waals surface area contributed by atoms with Gasteiger partial charge in [0.05, 0.1) is 0 Å². The molecular formula is C2H4Ge2. The summed E-state index contributed by atoms with van der Waals surface area (Å²) in [6, 6.07) is 0.